The molecule has 2 saturated heterocycles. The van der Waals surface area contributed by atoms with Crippen molar-refractivity contribution in [2.45, 2.75) is 5.56 Å². The fourth-order valence-electron chi connectivity index (χ4n) is 1.55. The standard InChI is InChI=1S/C9H15ClN2O2/c10-9-7-12(2-4-14-9)6-8-5-11-1-3-13-8/h6,9,11H,1-5,7H2/b8-6+. The first-order chi connectivity index (χ1) is 6.84. The predicted octanol–water partition coefficient (Wildman–Crippen LogP) is 0.345. The summed E-state index contributed by atoms with van der Waals surface area (Å²) in [6.07, 6.45) is 2.03. The number of hydrogen-bond acceptors (Lipinski definition) is 4. The van der Waals surface area contributed by atoms with Crippen molar-refractivity contribution in [3.8, 4) is 0 Å². The van der Waals surface area contributed by atoms with Gasteiger partial charge >= 0.3 is 0 Å². The van der Waals surface area contributed by atoms with Crippen molar-refractivity contribution >= 4 is 11.6 Å². The van der Waals surface area contributed by atoms with E-state index in [0.717, 1.165) is 38.5 Å². The molecule has 0 bridgehead atoms. The third-order valence-corrected chi connectivity index (χ3v) is 2.51. The molecule has 0 aromatic rings. The smallest absolute Gasteiger partial charge is 0.148 e. The van der Waals surface area contributed by atoms with Gasteiger partial charge in [0.2, 0.25) is 0 Å². The molecule has 0 saturated carbocycles. The maximum Gasteiger partial charge on any atom is 0.148 e. The molecule has 1 N–H and O–H groups in total. The quantitative estimate of drug-likeness (QED) is 0.644. The second-order valence-electron chi connectivity index (χ2n) is 3.40. The van der Waals surface area contributed by atoms with Crippen LogP contribution in [0.3, 0.4) is 0 Å². The lowest BCUT2D eigenvalue weighted by Gasteiger charge is -2.30. The van der Waals surface area contributed by atoms with Crippen LogP contribution in [0.5, 0.6) is 0 Å². The van der Waals surface area contributed by atoms with E-state index in [0.29, 0.717) is 6.61 Å². The largest absolute Gasteiger partial charge is 0.494 e. The number of nitrogens with one attached hydrogen (secondary N) is 1. The van der Waals surface area contributed by atoms with Gasteiger partial charge in [-0.15, -0.1) is 0 Å². The molecule has 0 aliphatic carbocycles. The van der Waals surface area contributed by atoms with Crippen LogP contribution in [0, 0.1) is 0 Å². The third-order valence-electron chi connectivity index (χ3n) is 2.25. The van der Waals surface area contributed by atoms with Crippen LogP contribution in [-0.2, 0) is 9.47 Å². The highest BCUT2D eigenvalue weighted by atomic mass is 35.5. The summed E-state index contributed by atoms with van der Waals surface area (Å²) in [5, 5.41) is 3.25. The average molecular weight is 219 g/mol. The van der Waals surface area contributed by atoms with Crippen LogP contribution in [-0.4, -0.2) is 49.9 Å². The molecular formula is C9H15ClN2O2. The Morgan fingerprint density at radius 3 is 3.14 bits per heavy atom. The SMILES string of the molecule is ClC1CN(/C=C2\CNCCO2)CCO1. The van der Waals surface area contributed by atoms with E-state index in [2.05, 4.69) is 10.2 Å². The van der Waals surface area contributed by atoms with Gasteiger partial charge in [0.05, 0.1) is 19.7 Å². The Hall–Kier alpha value is -0.450. The number of hydrogen-bond donors (Lipinski definition) is 1. The Bertz CT molecular complexity index is 215. The van der Waals surface area contributed by atoms with E-state index in [-0.39, 0.29) is 5.56 Å². The number of halogens is 1. The minimum atomic E-state index is -0.197. The molecule has 0 aromatic heterocycles. The molecule has 80 valence electrons. The van der Waals surface area contributed by atoms with E-state index in [9.17, 15) is 0 Å². The van der Waals surface area contributed by atoms with Gasteiger partial charge in [0.1, 0.15) is 17.9 Å². The van der Waals surface area contributed by atoms with Crippen LogP contribution in [0.15, 0.2) is 12.0 Å². The van der Waals surface area contributed by atoms with Gasteiger partial charge in [0.25, 0.3) is 0 Å². The van der Waals surface area contributed by atoms with Crippen molar-refractivity contribution in [3.05, 3.63) is 12.0 Å². The zero-order valence-corrected chi connectivity index (χ0v) is 8.79. The molecular weight excluding hydrogens is 204 g/mol. The van der Waals surface area contributed by atoms with Crippen LogP contribution in [0.1, 0.15) is 0 Å². The van der Waals surface area contributed by atoms with Gasteiger partial charge in [-0.25, -0.2) is 0 Å². The normalized spacial score (nSPS) is 31.6. The van der Waals surface area contributed by atoms with E-state index < -0.39 is 0 Å². The summed E-state index contributed by atoms with van der Waals surface area (Å²) < 4.78 is 10.7. The topological polar surface area (TPSA) is 33.7 Å². The van der Waals surface area contributed by atoms with Crippen molar-refractivity contribution in [3.63, 3.8) is 0 Å². The minimum Gasteiger partial charge on any atom is -0.494 e. The number of ether oxygens (including phenoxy) is 2. The third kappa shape index (κ3) is 2.77. The summed E-state index contributed by atoms with van der Waals surface area (Å²) in [5.74, 6) is 0.988. The fourth-order valence-corrected chi connectivity index (χ4v) is 1.81. The maximum absolute atomic E-state index is 5.88. The van der Waals surface area contributed by atoms with Crippen LogP contribution in [0.4, 0.5) is 0 Å². The van der Waals surface area contributed by atoms with Crippen LogP contribution >= 0.6 is 11.6 Å². The fraction of sp³-hybridized carbons (Fsp3) is 0.778. The van der Waals surface area contributed by atoms with E-state index in [1.807, 2.05) is 6.20 Å². The zero-order valence-electron chi connectivity index (χ0n) is 8.04. The summed E-state index contributed by atoms with van der Waals surface area (Å²) in [7, 11) is 0. The summed E-state index contributed by atoms with van der Waals surface area (Å²) in [4.78, 5) is 2.14. The Morgan fingerprint density at radius 1 is 1.50 bits per heavy atom. The van der Waals surface area contributed by atoms with Crippen LogP contribution in [0.2, 0.25) is 0 Å². The van der Waals surface area contributed by atoms with E-state index in [4.69, 9.17) is 21.1 Å². The Morgan fingerprint density at radius 2 is 2.43 bits per heavy atom. The predicted molar refractivity (Wildman–Crippen MR) is 54.1 cm³/mol. The van der Waals surface area contributed by atoms with Crippen molar-refractivity contribution in [1.82, 2.24) is 10.2 Å². The van der Waals surface area contributed by atoms with Gasteiger partial charge in [-0.05, 0) is 0 Å². The lowest BCUT2D eigenvalue weighted by molar-refractivity contribution is 0.0308. The van der Waals surface area contributed by atoms with Gasteiger partial charge in [0, 0.05) is 19.3 Å². The van der Waals surface area contributed by atoms with Crippen molar-refractivity contribution in [2.24, 2.45) is 0 Å². The summed E-state index contributed by atoms with van der Waals surface area (Å²) in [5.41, 5.74) is -0.197. The van der Waals surface area contributed by atoms with Gasteiger partial charge in [-0.2, -0.15) is 0 Å². The molecule has 4 nitrogen and oxygen atoms in total. The molecule has 2 rings (SSSR count). The molecule has 2 fully saturated rings. The summed E-state index contributed by atoms with van der Waals surface area (Å²) in [6, 6.07) is 0. The zero-order chi connectivity index (χ0) is 9.80. The summed E-state index contributed by atoms with van der Waals surface area (Å²) >= 11 is 5.88. The first-order valence-corrected chi connectivity index (χ1v) is 5.32. The average Bonchev–Trinajstić information content (AvgIpc) is 2.19. The molecule has 0 amide bonds. The van der Waals surface area contributed by atoms with E-state index in [1.165, 1.54) is 0 Å². The number of rotatable bonds is 1. The number of nitrogens with zero attached hydrogens (tertiary/aromatic N) is 1. The van der Waals surface area contributed by atoms with E-state index >= 15 is 0 Å². The molecule has 0 radical (unpaired) electrons. The first-order valence-electron chi connectivity index (χ1n) is 4.88. The van der Waals surface area contributed by atoms with Gasteiger partial charge in [0.15, 0.2) is 0 Å². The highest BCUT2D eigenvalue weighted by Gasteiger charge is 2.17. The van der Waals surface area contributed by atoms with Crippen molar-refractivity contribution in [1.29, 1.82) is 0 Å². The minimum absolute atomic E-state index is 0.197. The molecule has 5 heteroatoms. The monoisotopic (exact) mass is 218 g/mol. The lowest BCUT2D eigenvalue weighted by atomic mass is 10.4. The van der Waals surface area contributed by atoms with Gasteiger partial charge in [-0.3, -0.25) is 0 Å². The molecule has 2 aliphatic heterocycles. The molecule has 0 spiro atoms. The Kier molecular flexibility index (Phi) is 3.50. The summed E-state index contributed by atoms with van der Waals surface area (Å²) in [6.45, 7) is 4.79. The highest BCUT2D eigenvalue weighted by molar-refractivity contribution is 6.19. The van der Waals surface area contributed by atoms with Crippen molar-refractivity contribution in [2.75, 3.05) is 39.4 Å². The Labute approximate surface area is 88.8 Å². The van der Waals surface area contributed by atoms with Crippen LogP contribution < -0.4 is 5.32 Å². The highest BCUT2D eigenvalue weighted by Crippen LogP contribution is 2.11. The first kappa shape index (κ1) is 10.1. The second kappa shape index (κ2) is 4.87. The Balaban J connectivity index is 1.87. The number of morpholine rings is 2. The molecule has 0 aromatic carbocycles. The van der Waals surface area contributed by atoms with Crippen LogP contribution in [0.25, 0.3) is 0 Å². The maximum atomic E-state index is 5.88. The van der Waals surface area contributed by atoms with Gasteiger partial charge < -0.3 is 19.7 Å². The van der Waals surface area contributed by atoms with Gasteiger partial charge in [-0.1, -0.05) is 11.6 Å². The van der Waals surface area contributed by atoms with Crippen molar-refractivity contribution < 1.29 is 9.47 Å². The number of alkyl halides is 1. The molecule has 2 aliphatic rings. The molecule has 1 atom stereocenters. The molecule has 2 heterocycles. The second-order valence-corrected chi connectivity index (χ2v) is 3.88. The molecule has 14 heavy (non-hydrogen) atoms. The lowest BCUT2D eigenvalue weighted by Crippen LogP contribution is -2.38. The van der Waals surface area contributed by atoms with E-state index in [1.54, 1.807) is 0 Å². The molecule has 1 unspecified atom stereocenters.